The van der Waals surface area contributed by atoms with Crippen LogP contribution in [-0.4, -0.2) is 75.9 Å². The van der Waals surface area contributed by atoms with Crippen molar-refractivity contribution in [2.24, 2.45) is 0 Å². The molecule has 0 aromatic rings. The van der Waals surface area contributed by atoms with Gasteiger partial charge in [-0.1, -0.05) is 20.8 Å². The van der Waals surface area contributed by atoms with Crippen molar-refractivity contribution in [2.45, 2.75) is 33.3 Å². The molecule has 0 radical (unpaired) electrons. The third-order valence-corrected chi connectivity index (χ3v) is 3.21. The van der Waals surface area contributed by atoms with E-state index in [0.717, 1.165) is 32.8 Å². The summed E-state index contributed by atoms with van der Waals surface area (Å²) in [7, 11) is 4.17. The van der Waals surface area contributed by atoms with Crippen LogP contribution in [0.1, 0.15) is 27.2 Å². The van der Waals surface area contributed by atoms with E-state index in [0.29, 0.717) is 6.10 Å². The van der Waals surface area contributed by atoms with Gasteiger partial charge in [-0.25, -0.2) is 0 Å². The summed E-state index contributed by atoms with van der Waals surface area (Å²) in [6.45, 7) is 13.8. The molecule has 1 fully saturated rings. The Balaban J connectivity index is 0.00000137. The highest BCUT2D eigenvalue weighted by molar-refractivity contribution is 4.72. The van der Waals surface area contributed by atoms with Crippen LogP contribution in [0.4, 0.5) is 0 Å². The second kappa shape index (κ2) is 11.9. The van der Waals surface area contributed by atoms with Gasteiger partial charge in [-0.05, 0) is 40.2 Å². The fraction of sp³-hybridized carbons (Fsp3) is 1.00. The zero-order valence-corrected chi connectivity index (χ0v) is 13.0. The van der Waals surface area contributed by atoms with Gasteiger partial charge in [0.1, 0.15) is 0 Å². The molecule has 0 spiro atoms. The molecule has 4 heteroatoms. The Kier molecular flexibility index (Phi) is 11.8. The van der Waals surface area contributed by atoms with Gasteiger partial charge in [0, 0.05) is 19.6 Å². The van der Waals surface area contributed by atoms with Gasteiger partial charge in [-0.3, -0.25) is 4.90 Å². The lowest BCUT2D eigenvalue weighted by atomic mass is 10.2. The van der Waals surface area contributed by atoms with E-state index in [2.05, 4.69) is 29.1 Å². The summed E-state index contributed by atoms with van der Waals surface area (Å²) in [6.07, 6.45) is 1.64. The molecule has 1 saturated heterocycles. The standard InChI is InChI=1S/C12H27N3O.C2H6/c1-4-14(3)6-5-7-15-8-9-16-12(11-15)10-13-2;1-2/h12-13H,4-11H2,1-3H3;1-2H3. The van der Waals surface area contributed by atoms with Crippen molar-refractivity contribution >= 4 is 0 Å². The van der Waals surface area contributed by atoms with E-state index in [4.69, 9.17) is 4.74 Å². The van der Waals surface area contributed by atoms with Gasteiger partial charge >= 0.3 is 0 Å². The summed E-state index contributed by atoms with van der Waals surface area (Å²) in [5.74, 6) is 0. The van der Waals surface area contributed by atoms with Crippen molar-refractivity contribution in [3.8, 4) is 0 Å². The SMILES string of the molecule is CC.CCN(C)CCCN1CCOC(CNC)C1. The first kappa shape index (κ1) is 17.8. The minimum Gasteiger partial charge on any atom is -0.374 e. The van der Waals surface area contributed by atoms with Gasteiger partial charge < -0.3 is 15.0 Å². The molecule has 0 aromatic heterocycles. The number of ether oxygens (including phenoxy) is 1. The van der Waals surface area contributed by atoms with Crippen LogP contribution in [0.3, 0.4) is 0 Å². The second-order valence-electron chi connectivity index (χ2n) is 4.60. The summed E-state index contributed by atoms with van der Waals surface area (Å²) in [5, 5.41) is 3.18. The van der Waals surface area contributed by atoms with Gasteiger partial charge in [0.15, 0.2) is 0 Å². The number of hydrogen-bond donors (Lipinski definition) is 1. The lowest BCUT2D eigenvalue weighted by molar-refractivity contribution is -0.0269. The molecule has 110 valence electrons. The maximum Gasteiger partial charge on any atom is 0.0826 e. The average Bonchev–Trinajstić information content (AvgIpc) is 2.42. The number of nitrogens with one attached hydrogen (secondary N) is 1. The number of rotatable bonds is 7. The Labute approximate surface area is 114 Å². The van der Waals surface area contributed by atoms with Gasteiger partial charge in [-0.15, -0.1) is 0 Å². The zero-order valence-electron chi connectivity index (χ0n) is 13.0. The summed E-state index contributed by atoms with van der Waals surface area (Å²) < 4.78 is 5.68. The van der Waals surface area contributed by atoms with Gasteiger partial charge in [0.25, 0.3) is 0 Å². The molecular formula is C14H33N3O. The predicted molar refractivity (Wildman–Crippen MR) is 79.2 cm³/mol. The molecule has 0 saturated carbocycles. The molecule has 4 nitrogen and oxygen atoms in total. The minimum absolute atomic E-state index is 0.377. The molecule has 18 heavy (non-hydrogen) atoms. The highest BCUT2D eigenvalue weighted by Gasteiger charge is 2.19. The topological polar surface area (TPSA) is 27.7 Å². The predicted octanol–water partition coefficient (Wildman–Crippen LogP) is 1.27. The smallest absolute Gasteiger partial charge is 0.0826 e. The summed E-state index contributed by atoms with van der Waals surface area (Å²) >= 11 is 0. The molecule has 1 atom stereocenters. The third-order valence-electron chi connectivity index (χ3n) is 3.21. The van der Waals surface area contributed by atoms with Crippen LogP contribution >= 0.6 is 0 Å². The van der Waals surface area contributed by atoms with Crippen molar-refractivity contribution in [3.63, 3.8) is 0 Å². The van der Waals surface area contributed by atoms with Gasteiger partial charge in [0.2, 0.25) is 0 Å². The summed E-state index contributed by atoms with van der Waals surface area (Å²) in [4.78, 5) is 4.89. The Hall–Kier alpha value is -0.160. The third kappa shape index (κ3) is 8.03. The molecular weight excluding hydrogens is 226 g/mol. The van der Waals surface area contributed by atoms with E-state index in [1.807, 2.05) is 20.9 Å². The first-order valence-electron chi connectivity index (χ1n) is 7.43. The molecule has 1 unspecified atom stereocenters. The van der Waals surface area contributed by atoms with Crippen molar-refractivity contribution in [3.05, 3.63) is 0 Å². The molecule has 0 aliphatic carbocycles. The summed E-state index contributed by atoms with van der Waals surface area (Å²) in [5.41, 5.74) is 0. The fourth-order valence-corrected chi connectivity index (χ4v) is 2.06. The van der Waals surface area contributed by atoms with Crippen LogP contribution in [0.5, 0.6) is 0 Å². The average molecular weight is 259 g/mol. The van der Waals surface area contributed by atoms with Gasteiger partial charge in [-0.2, -0.15) is 0 Å². The maximum absolute atomic E-state index is 5.68. The quantitative estimate of drug-likeness (QED) is 0.745. The van der Waals surface area contributed by atoms with Crippen LogP contribution in [0, 0.1) is 0 Å². The van der Waals surface area contributed by atoms with Crippen LogP contribution in [0.25, 0.3) is 0 Å². The van der Waals surface area contributed by atoms with Crippen LogP contribution in [0.15, 0.2) is 0 Å². The molecule has 1 N–H and O–H groups in total. The van der Waals surface area contributed by atoms with E-state index in [1.54, 1.807) is 0 Å². The fourth-order valence-electron chi connectivity index (χ4n) is 2.06. The Bertz CT molecular complexity index is 176. The highest BCUT2D eigenvalue weighted by atomic mass is 16.5. The molecule has 1 aliphatic heterocycles. The number of morpholine rings is 1. The van der Waals surface area contributed by atoms with Crippen molar-refractivity contribution in [1.29, 1.82) is 0 Å². The van der Waals surface area contributed by atoms with E-state index in [-0.39, 0.29) is 0 Å². The number of hydrogen-bond acceptors (Lipinski definition) is 4. The number of likely N-dealkylation sites (N-methyl/N-ethyl adjacent to an activating group) is 1. The molecule has 0 bridgehead atoms. The van der Waals surface area contributed by atoms with Crippen molar-refractivity contribution in [1.82, 2.24) is 15.1 Å². The first-order valence-corrected chi connectivity index (χ1v) is 7.43. The number of nitrogens with zero attached hydrogens (tertiary/aromatic N) is 2. The largest absolute Gasteiger partial charge is 0.374 e. The van der Waals surface area contributed by atoms with Crippen LogP contribution < -0.4 is 5.32 Å². The molecule has 1 rings (SSSR count). The molecule has 0 aromatic carbocycles. The van der Waals surface area contributed by atoms with E-state index >= 15 is 0 Å². The Morgan fingerprint density at radius 3 is 2.72 bits per heavy atom. The van der Waals surface area contributed by atoms with Crippen molar-refractivity contribution < 1.29 is 4.74 Å². The Morgan fingerprint density at radius 1 is 1.39 bits per heavy atom. The van der Waals surface area contributed by atoms with E-state index in [1.165, 1.54) is 19.5 Å². The highest BCUT2D eigenvalue weighted by Crippen LogP contribution is 2.05. The lowest BCUT2D eigenvalue weighted by Crippen LogP contribution is -2.46. The van der Waals surface area contributed by atoms with Crippen LogP contribution in [-0.2, 0) is 4.74 Å². The molecule has 1 aliphatic rings. The van der Waals surface area contributed by atoms with E-state index in [9.17, 15) is 0 Å². The lowest BCUT2D eigenvalue weighted by Gasteiger charge is -2.33. The normalized spacial score (nSPS) is 20.7. The molecule has 0 amide bonds. The second-order valence-corrected chi connectivity index (χ2v) is 4.60. The van der Waals surface area contributed by atoms with Crippen LogP contribution in [0.2, 0.25) is 0 Å². The van der Waals surface area contributed by atoms with Gasteiger partial charge in [0.05, 0.1) is 12.7 Å². The maximum atomic E-state index is 5.68. The summed E-state index contributed by atoms with van der Waals surface area (Å²) in [6, 6.07) is 0. The monoisotopic (exact) mass is 259 g/mol. The zero-order chi connectivity index (χ0) is 13.8. The van der Waals surface area contributed by atoms with Crippen molar-refractivity contribution in [2.75, 3.05) is 60.0 Å². The van der Waals surface area contributed by atoms with E-state index < -0.39 is 0 Å². The molecule has 1 heterocycles. The Morgan fingerprint density at radius 2 is 2.11 bits per heavy atom. The minimum atomic E-state index is 0.377. The first-order chi connectivity index (χ1) is 8.76.